The van der Waals surface area contributed by atoms with Crippen LogP contribution >= 0.6 is 0 Å². The number of aryl methyl sites for hydroxylation is 2. The molecular formula is C19H26N2O. The molecule has 2 N–H and O–H groups in total. The van der Waals surface area contributed by atoms with Crippen LogP contribution in [-0.2, 0) is 13.1 Å². The van der Waals surface area contributed by atoms with Crippen LogP contribution in [0.4, 0.5) is 0 Å². The molecule has 0 aliphatic rings. The molecule has 1 aromatic carbocycles. The Labute approximate surface area is 132 Å². The maximum Gasteiger partial charge on any atom is 0.255 e. The van der Waals surface area contributed by atoms with Gasteiger partial charge in [0.2, 0.25) is 0 Å². The van der Waals surface area contributed by atoms with E-state index in [0.29, 0.717) is 11.5 Å². The summed E-state index contributed by atoms with van der Waals surface area (Å²) >= 11 is 0. The van der Waals surface area contributed by atoms with Gasteiger partial charge in [0.25, 0.3) is 5.56 Å². The third kappa shape index (κ3) is 3.47. The van der Waals surface area contributed by atoms with Crippen molar-refractivity contribution in [2.75, 3.05) is 0 Å². The summed E-state index contributed by atoms with van der Waals surface area (Å²) in [5, 5.41) is 0. The number of nitrogens with zero attached hydrogens (tertiary/aromatic N) is 1. The Bertz CT molecular complexity index is 714. The largest absolute Gasteiger partial charge is 0.326 e. The molecule has 0 radical (unpaired) electrons. The Kier molecular flexibility index (Phi) is 5.19. The minimum atomic E-state index is 0.0406. The van der Waals surface area contributed by atoms with Crippen LogP contribution in [0.5, 0.6) is 0 Å². The van der Waals surface area contributed by atoms with Gasteiger partial charge in [-0.3, -0.25) is 4.79 Å². The zero-order valence-electron chi connectivity index (χ0n) is 14.0. The number of hydrogen-bond acceptors (Lipinski definition) is 2. The normalized spacial score (nSPS) is 11.2. The Morgan fingerprint density at radius 1 is 1.09 bits per heavy atom. The Balaban J connectivity index is 2.56. The number of rotatable bonds is 5. The highest BCUT2D eigenvalue weighted by Crippen LogP contribution is 2.22. The Morgan fingerprint density at radius 2 is 1.82 bits per heavy atom. The molecule has 0 aliphatic carbocycles. The molecule has 3 heteroatoms. The third-order valence-corrected chi connectivity index (χ3v) is 4.21. The zero-order chi connectivity index (χ0) is 16.3. The second kappa shape index (κ2) is 6.93. The SMILES string of the molecule is Cc1ccc(-c2ccc(CN)c(=O)n2CCC(C)C)cc1C. The highest BCUT2D eigenvalue weighted by Gasteiger charge is 2.11. The molecule has 1 aromatic heterocycles. The lowest BCUT2D eigenvalue weighted by molar-refractivity contribution is 0.509. The zero-order valence-corrected chi connectivity index (χ0v) is 14.0. The van der Waals surface area contributed by atoms with E-state index in [0.717, 1.165) is 24.2 Å². The average Bonchev–Trinajstić information content (AvgIpc) is 2.48. The summed E-state index contributed by atoms with van der Waals surface area (Å²) in [5.74, 6) is 0.557. The van der Waals surface area contributed by atoms with Crippen LogP contribution in [0, 0.1) is 19.8 Å². The average molecular weight is 298 g/mol. The standard InChI is InChI=1S/C19H26N2O/c1-13(2)9-10-21-18(8-7-17(12-20)19(21)22)16-6-5-14(3)15(4)11-16/h5-8,11,13H,9-10,12,20H2,1-4H3. The molecule has 3 nitrogen and oxygen atoms in total. The minimum absolute atomic E-state index is 0.0406. The van der Waals surface area contributed by atoms with Gasteiger partial charge in [-0.05, 0) is 55.0 Å². The molecule has 2 rings (SSSR count). The molecule has 0 saturated carbocycles. The molecule has 1 heterocycles. The smallest absolute Gasteiger partial charge is 0.255 e. The van der Waals surface area contributed by atoms with Crippen molar-refractivity contribution >= 4 is 0 Å². The maximum absolute atomic E-state index is 12.6. The Hall–Kier alpha value is -1.87. The van der Waals surface area contributed by atoms with E-state index in [1.165, 1.54) is 11.1 Å². The second-order valence-corrected chi connectivity index (χ2v) is 6.39. The fraction of sp³-hybridized carbons (Fsp3) is 0.421. The van der Waals surface area contributed by atoms with E-state index in [2.05, 4.69) is 45.9 Å². The van der Waals surface area contributed by atoms with Gasteiger partial charge < -0.3 is 10.3 Å². The lowest BCUT2D eigenvalue weighted by Gasteiger charge is -2.16. The van der Waals surface area contributed by atoms with Gasteiger partial charge >= 0.3 is 0 Å². The molecule has 22 heavy (non-hydrogen) atoms. The van der Waals surface area contributed by atoms with Crippen molar-refractivity contribution in [3.8, 4) is 11.3 Å². The predicted molar refractivity (Wildman–Crippen MR) is 93.0 cm³/mol. The molecule has 0 saturated heterocycles. The van der Waals surface area contributed by atoms with E-state index < -0.39 is 0 Å². The molecule has 0 atom stereocenters. The lowest BCUT2D eigenvalue weighted by Crippen LogP contribution is -2.27. The van der Waals surface area contributed by atoms with Crippen molar-refractivity contribution in [3.05, 3.63) is 57.4 Å². The van der Waals surface area contributed by atoms with Crippen LogP contribution in [0.15, 0.2) is 35.1 Å². The quantitative estimate of drug-likeness (QED) is 0.916. The van der Waals surface area contributed by atoms with Crippen LogP contribution in [0.3, 0.4) is 0 Å². The predicted octanol–water partition coefficient (Wildman–Crippen LogP) is 3.64. The van der Waals surface area contributed by atoms with Crippen LogP contribution < -0.4 is 11.3 Å². The van der Waals surface area contributed by atoms with Gasteiger partial charge in [0.15, 0.2) is 0 Å². The van der Waals surface area contributed by atoms with Gasteiger partial charge in [-0.1, -0.05) is 32.0 Å². The van der Waals surface area contributed by atoms with Crippen molar-refractivity contribution in [2.24, 2.45) is 11.7 Å². The molecule has 0 spiro atoms. The number of benzene rings is 1. The van der Waals surface area contributed by atoms with Crippen LogP contribution in [0.1, 0.15) is 37.0 Å². The van der Waals surface area contributed by atoms with Crippen molar-refractivity contribution in [1.82, 2.24) is 4.57 Å². The molecule has 0 fully saturated rings. The van der Waals surface area contributed by atoms with Crippen LogP contribution in [0.25, 0.3) is 11.3 Å². The molecule has 0 aliphatic heterocycles. The second-order valence-electron chi connectivity index (χ2n) is 6.39. The summed E-state index contributed by atoms with van der Waals surface area (Å²) in [7, 11) is 0. The van der Waals surface area contributed by atoms with Gasteiger partial charge in [0, 0.05) is 18.7 Å². The van der Waals surface area contributed by atoms with Gasteiger partial charge in [-0.2, -0.15) is 0 Å². The summed E-state index contributed by atoms with van der Waals surface area (Å²) in [4.78, 5) is 12.6. The fourth-order valence-electron chi connectivity index (χ4n) is 2.54. The number of nitrogens with two attached hydrogens (primary N) is 1. The van der Waals surface area contributed by atoms with Gasteiger partial charge in [0.05, 0.1) is 5.69 Å². The third-order valence-electron chi connectivity index (χ3n) is 4.21. The highest BCUT2D eigenvalue weighted by atomic mass is 16.1. The minimum Gasteiger partial charge on any atom is -0.326 e. The van der Waals surface area contributed by atoms with Gasteiger partial charge in [0.1, 0.15) is 0 Å². The Morgan fingerprint density at radius 3 is 2.41 bits per heavy atom. The van der Waals surface area contributed by atoms with Crippen molar-refractivity contribution < 1.29 is 0 Å². The number of aromatic nitrogens is 1. The number of hydrogen-bond donors (Lipinski definition) is 1. The first-order chi connectivity index (χ1) is 10.4. The molecule has 0 amide bonds. The first-order valence-corrected chi connectivity index (χ1v) is 7.94. The number of pyridine rings is 1. The van der Waals surface area contributed by atoms with Crippen LogP contribution in [0.2, 0.25) is 0 Å². The van der Waals surface area contributed by atoms with Gasteiger partial charge in [-0.15, -0.1) is 0 Å². The lowest BCUT2D eigenvalue weighted by atomic mass is 10.0. The summed E-state index contributed by atoms with van der Waals surface area (Å²) in [6.07, 6.45) is 0.978. The summed E-state index contributed by atoms with van der Waals surface area (Å²) in [6, 6.07) is 10.2. The van der Waals surface area contributed by atoms with E-state index in [1.54, 1.807) is 0 Å². The van der Waals surface area contributed by atoms with E-state index in [9.17, 15) is 4.79 Å². The molecule has 0 bridgehead atoms. The maximum atomic E-state index is 12.6. The van der Waals surface area contributed by atoms with Crippen molar-refractivity contribution in [1.29, 1.82) is 0 Å². The topological polar surface area (TPSA) is 48.0 Å². The first kappa shape index (κ1) is 16.5. The molecule has 118 valence electrons. The summed E-state index contributed by atoms with van der Waals surface area (Å²) < 4.78 is 1.88. The summed E-state index contributed by atoms with van der Waals surface area (Å²) in [6.45, 7) is 9.56. The van der Waals surface area contributed by atoms with Gasteiger partial charge in [-0.25, -0.2) is 0 Å². The first-order valence-electron chi connectivity index (χ1n) is 7.94. The van der Waals surface area contributed by atoms with Crippen molar-refractivity contribution in [2.45, 2.75) is 47.2 Å². The fourth-order valence-corrected chi connectivity index (χ4v) is 2.54. The molecule has 2 aromatic rings. The monoisotopic (exact) mass is 298 g/mol. The van der Waals surface area contributed by atoms with E-state index in [1.807, 2.05) is 16.7 Å². The summed E-state index contributed by atoms with van der Waals surface area (Å²) in [5.41, 5.74) is 11.0. The molecule has 0 unspecified atom stereocenters. The van der Waals surface area contributed by atoms with E-state index in [4.69, 9.17) is 5.73 Å². The van der Waals surface area contributed by atoms with E-state index in [-0.39, 0.29) is 12.1 Å². The highest BCUT2D eigenvalue weighted by molar-refractivity contribution is 5.61. The van der Waals surface area contributed by atoms with E-state index >= 15 is 0 Å². The molecular weight excluding hydrogens is 272 g/mol. The van der Waals surface area contributed by atoms with Crippen LogP contribution in [-0.4, -0.2) is 4.57 Å². The van der Waals surface area contributed by atoms with Crippen molar-refractivity contribution in [3.63, 3.8) is 0 Å².